The molecule has 0 fully saturated rings. The third kappa shape index (κ3) is 0.798. The maximum atomic E-state index is 5.21. The van der Waals surface area contributed by atoms with Crippen LogP contribution < -0.4 is 0 Å². The van der Waals surface area contributed by atoms with Gasteiger partial charge in [-0.15, -0.1) is 0 Å². The summed E-state index contributed by atoms with van der Waals surface area (Å²) in [5, 5.41) is 0. The molecule has 1 aliphatic heterocycles. The van der Waals surface area contributed by atoms with Crippen molar-refractivity contribution in [2.24, 2.45) is 0 Å². The van der Waals surface area contributed by atoms with Crippen LogP contribution in [0.4, 0.5) is 0 Å². The molecule has 1 heteroatoms. The fraction of sp³-hybridized carbons (Fsp3) is 0.111. The Kier molecular flexibility index (Phi) is 1.21. The van der Waals surface area contributed by atoms with E-state index < -0.39 is 0 Å². The predicted octanol–water partition coefficient (Wildman–Crippen LogP) is 2.10. The van der Waals surface area contributed by atoms with Gasteiger partial charge in [-0.1, -0.05) is 12.2 Å². The average Bonchev–Trinajstić information content (AvgIpc) is 2.05. The summed E-state index contributed by atoms with van der Waals surface area (Å²) in [4.78, 5) is 0. The van der Waals surface area contributed by atoms with Gasteiger partial charge in [0, 0.05) is 0 Å². The Morgan fingerprint density at radius 2 is 2.50 bits per heavy atom. The van der Waals surface area contributed by atoms with Gasteiger partial charge in [-0.05, 0) is 30.2 Å². The largest absolute Gasteiger partial charge is 0.465 e. The second-order valence-corrected chi connectivity index (χ2v) is 2.22. The van der Waals surface area contributed by atoms with Crippen molar-refractivity contribution in [2.45, 2.75) is 6.42 Å². The van der Waals surface area contributed by atoms with Crippen molar-refractivity contribution in [3.05, 3.63) is 48.0 Å². The molecule has 2 rings (SSSR count). The summed E-state index contributed by atoms with van der Waals surface area (Å²) in [6.07, 6.45) is 13.4. The molecule has 0 N–H and O–H groups in total. The number of rotatable bonds is 0. The van der Waals surface area contributed by atoms with Crippen LogP contribution in [0.5, 0.6) is 0 Å². The van der Waals surface area contributed by atoms with Gasteiger partial charge in [0.25, 0.3) is 0 Å². The molecule has 0 aromatic heterocycles. The molecule has 1 radical (unpaired) electrons. The summed E-state index contributed by atoms with van der Waals surface area (Å²) < 4.78 is 5.21. The number of ether oxygens (including phenoxy) is 1. The molecule has 49 valence electrons. The summed E-state index contributed by atoms with van der Waals surface area (Å²) in [5.74, 6) is 0.935. The van der Waals surface area contributed by atoms with Crippen molar-refractivity contribution in [1.29, 1.82) is 0 Å². The highest BCUT2D eigenvalue weighted by atomic mass is 16.5. The molecule has 10 heavy (non-hydrogen) atoms. The fourth-order valence-corrected chi connectivity index (χ4v) is 1.02. The van der Waals surface area contributed by atoms with Gasteiger partial charge in [0.15, 0.2) is 0 Å². The van der Waals surface area contributed by atoms with Crippen LogP contribution in [0.25, 0.3) is 0 Å². The zero-order chi connectivity index (χ0) is 6.81. The van der Waals surface area contributed by atoms with Gasteiger partial charge >= 0.3 is 0 Å². The normalized spacial score (nSPS) is 20.8. The molecular weight excluding hydrogens is 124 g/mol. The molecule has 1 heterocycles. The summed E-state index contributed by atoms with van der Waals surface area (Å²) in [6, 6.07) is 0. The predicted molar refractivity (Wildman–Crippen MR) is 38.8 cm³/mol. The van der Waals surface area contributed by atoms with Crippen molar-refractivity contribution in [3.63, 3.8) is 0 Å². The second-order valence-electron chi connectivity index (χ2n) is 2.22. The maximum absolute atomic E-state index is 5.21. The lowest BCUT2D eigenvalue weighted by Gasteiger charge is -2.13. The minimum Gasteiger partial charge on any atom is -0.465 e. The Morgan fingerprint density at radius 1 is 1.50 bits per heavy atom. The van der Waals surface area contributed by atoms with Crippen LogP contribution in [0, 0.1) is 6.08 Å². The zero-order valence-electron chi connectivity index (χ0n) is 5.50. The van der Waals surface area contributed by atoms with Crippen LogP contribution in [0.3, 0.4) is 0 Å². The number of hydrogen-bond acceptors (Lipinski definition) is 1. The van der Waals surface area contributed by atoms with E-state index in [1.54, 1.807) is 6.26 Å². The van der Waals surface area contributed by atoms with Crippen LogP contribution in [-0.4, -0.2) is 0 Å². The molecule has 0 atom stereocenters. The number of fused-ring (bicyclic) bond motifs is 1. The van der Waals surface area contributed by atoms with Crippen LogP contribution in [0.2, 0.25) is 0 Å². The summed E-state index contributed by atoms with van der Waals surface area (Å²) in [5.41, 5.74) is 1.24. The van der Waals surface area contributed by atoms with Gasteiger partial charge in [0.2, 0.25) is 0 Å². The van der Waals surface area contributed by atoms with Gasteiger partial charge in [0.1, 0.15) is 5.76 Å². The zero-order valence-corrected chi connectivity index (χ0v) is 5.50. The highest BCUT2D eigenvalue weighted by Gasteiger charge is 2.08. The molecule has 1 nitrogen and oxygen atoms in total. The van der Waals surface area contributed by atoms with E-state index in [0.717, 1.165) is 12.2 Å². The van der Waals surface area contributed by atoms with E-state index in [1.807, 2.05) is 18.2 Å². The molecule has 0 saturated heterocycles. The quantitative estimate of drug-likeness (QED) is 0.489. The first-order chi connectivity index (χ1) is 4.97. The van der Waals surface area contributed by atoms with E-state index in [2.05, 4.69) is 12.2 Å². The molecule has 0 bridgehead atoms. The van der Waals surface area contributed by atoms with Crippen molar-refractivity contribution in [1.82, 2.24) is 0 Å². The smallest absolute Gasteiger partial charge is 0.130 e. The lowest BCUT2D eigenvalue weighted by molar-refractivity contribution is 0.354. The molecule has 2 aliphatic rings. The van der Waals surface area contributed by atoms with Gasteiger partial charge < -0.3 is 4.74 Å². The van der Waals surface area contributed by atoms with Crippen molar-refractivity contribution in [2.75, 3.05) is 0 Å². The Morgan fingerprint density at radius 3 is 3.40 bits per heavy atom. The highest BCUT2D eigenvalue weighted by Crippen LogP contribution is 2.22. The first-order valence-corrected chi connectivity index (χ1v) is 3.27. The Labute approximate surface area is 60.0 Å². The second kappa shape index (κ2) is 2.18. The Hall–Kier alpha value is -1.24. The van der Waals surface area contributed by atoms with Crippen molar-refractivity contribution < 1.29 is 4.74 Å². The van der Waals surface area contributed by atoms with E-state index in [1.165, 1.54) is 5.57 Å². The van der Waals surface area contributed by atoms with Gasteiger partial charge in [-0.25, -0.2) is 0 Å². The molecule has 0 spiro atoms. The summed E-state index contributed by atoms with van der Waals surface area (Å²) >= 11 is 0. The van der Waals surface area contributed by atoms with Crippen LogP contribution in [-0.2, 0) is 4.74 Å². The van der Waals surface area contributed by atoms with E-state index in [4.69, 9.17) is 4.74 Å². The first kappa shape index (κ1) is 5.54. The van der Waals surface area contributed by atoms with Crippen molar-refractivity contribution >= 4 is 0 Å². The third-order valence-electron chi connectivity index (χ3n) is 1.54. The van der Waals surface area contributed by atoms with Crippen molar-refractivity contribution in [3.8, 4) is 0 Å². The SMILES string of the molecule is [C]1=CCC2=CC=COC2=C1. The molecule has 0 unspecified atom stereocenters. The van der Waals surface area contributed by atoms with Crippen LogP contribution >= 0.6 is 0 Å². The highest BCUT2D eigenvalue weighted by molar-refractivity contribution is 5.37. The molecule has 0 aromatic carbocycles. The van der Waals surface area contributed by atoms with Gasteiger partial charge in [0.05, 0.1) is 6.26 Å². The topological polar surface area (TPSA) is 9.23 Å². The summed E-state index contributed by atoms with van der Waals surface area (Å²) in [6.45, 7) is 0. The average molecular weight is 131 g/mol. The van der Waals surface area contributed by atoms with Crippen LogP contribution in [0.15, 0.2) is 41.9 Å². The fourth-order valence-electron chi connectivity index (χ4n) is 1.02. The Bertz CT molecular complexity index is 226. The molecule has 0 amide bonds. The lowest BCUT2D eigenvalue weighted by Crippen LogP contribution is -1.97. The molecular formula is C9H7O. The van der Waals surface area contributed by atoms with Gasteiger partial charge in [-0.2, -0.15) is 0 Å². The van der Waals surface area contributed by atoms with E-state index in [-0.39, 0.29) is 0 Å². The number of hydrogen-bond donors (Lipinski definition) is 0. The van der Waals surface area contributed by atoms with Gasteiger partial charge in [-0.3, -0.25) is 0 Å². The molecule has 1 aliphatic carbocycles. The summed E-state index contributed by atoms with van der Waals surface area (Å²) in [7, 11) is 0. The van der Waals surface area contributed by atoms with E-state index in [9.17, 15) is 0 Å². The monoisotopic (exact) mass is 131 g/mol. The standard InChI is InChI=1S/C9H7O/c1-2-6-9-8(4-1)5-3-7-10-9/h1,3,5-7H,4H2. The van der Waals surface area contributed by atoms with E-state index >= 15 is 0 Å². The minimum absolute atomic E-state index is 0.935. The lowest BCUT2D eigenvalue weighted by atomic mass is 10.0. The van der Waals surface area contributed by atoms with E-state index in [0.29, 0.717) is 0 Å². The van der Waals surface area contributed by atoms with Crippen LogP contribution in [0.1, 0.15) is 6.42 Å². The Balaban J connectivity index is 2.38. The third-order valence-corrected chi connectivity index (χ3v) is 1.54. The molecule has 0 saturated carbocycles. The maximum Gasteiger partial charge on any atom is 0.130 e. The molecule has 0 aromatic rings. The minimum atomic E-state index is 0.935. The first-order valence-electron chi connectivity index (χ1n) is 3.27. The number of allylic oxidation sites excluding steroid dienone is 6.